The molecular weight excluding hydrogens is 382 g/mol. The number of nitrogens with one attached hydrogen (secondary N) is 1. The quantitative estimate of drug-likeness (QED) is 0.547. The third-order valence-corrected chi connectivity index (χ3v) is 6.85. The van der Waals surface area contributed by atoms with Gasteiger partial charge in [-0.1, -0.05) is 0 Å². The highest BCUT2D eigenvalue weighted by atomic mass is 16.6. The summed E-state index contributed by atoms with van der Waals surface area (Å²) in [5.41, 5.74) is -2.14. The lowest BCUT2D eigenvalue weighted by Gasteiger charge is -2.58. The second-order valence-corrected chi connectivity index (χ2v) is 8.74. The molecule has 0 spiro atoms. The van der Waals surface area contributed by atoms with E-state index in [2.05, 4.69) is 5.32 Å². The Morgan fingerprint density at radius 2 is 1.59 bits per heavy atom. The van der Waals surface area contributed by atoms with Gasteiger partial charge in [-0.25, -0.2) is 4.79 Å². The van der Waals surface area contributed by atoms with E-state index in [1.165, 1.54) is 0 Å². The van der Waals surface area contributed by atoms with E-state index in [1.54, 1.807) is 0 Å². The summed E-state index contributed by atoms with van der Waals surface area (Å²) in [6.45, 7) is 0. The Kier molecular flexibility index (Phi) is 4.51. The number of nitro groups is 2. The predicted molar refractivity (Wildman–Crippen MR) is 99.2 cm³/mol. The molecule has 4 aliphatic carbocycles. The highest BCUT2D eigenvalue weighted by Crippen LogP contribution is 2.61. The minimum Gasteiger partial charge on any atom is -0.480 e. The van der Waals surface area contributed by atoms with Gasteiger partial charge in [0.2, 0.25) is 0 Å². The van der Waals surface area contributed by atoms with E-state index in [9.17, 15) is 34.9 Å². The summed E-state index contributed by atoms with van der Waals surface area (Å²) in [6.07, 6.45) is 5.52. The molecule has 10 heteroatoms. The molecule has 0 radical (unpaired) electrons. The molecule has 0 aliphatic heterocycles. The number of rotatable bonds is 6. The lowest BCUT2D eigenvalue weighted by Crippen LogP contribution is -2.59. The Morgan fingerprint density at radius 1 is 1.03 bits per heavy atom. The smallest absolute Gasteiger partial charge is 0.326 e. The van der Waals surface area contributed by atoms with Crippen LogP contribution in [0.1, 0.15) is 48.9 Å². The number of nitro benzene ring substituents is 2. The maximum Gasteiger partial charge on any atom is 0.326 e. The van der Waals surface area contributed by atoms with Crippen molar-refractivity contribution in [3.8, 4) is 0 Å². The van der Waals surface area contributed by atoms with Crippen molar-refractivity contribution in [3.63, 3.8) is 0 Å². The van der Waals surface area contributed by atoms with Gasteiger partial charge in [-0.05, 0) is 62.3 Å². The number of amides is 1. The van der Waals surface area contributed by atoms with Crippen molar-refractivity contribution in [3.05, 3.63) is 44.0 Å². The van der Waals surface area contributed by atoms with E-state index in [0.29, 0.717) is 17.8 Å². The lowest BCUT2D eigenvalue weighted by molar-refractivity contribution is -0.394. The van der Waals surface area contributed by atoms with Gasteiger partial charge < -0.3 is 10.4 Å². The zero-order chi connectivity index (χ0) is 20.9. The van der Waals surface area contributed by atoms with Crippen LogP contribution >= 0.6 is 0 Å². The number of aliphatic carboxylic acids is 1. The zero-order valence-electron chi connectivity index (χ0n) is 15.6. The number of carboxylic acids is 1. The van der Waals surface area contributed by atoms with Crippen LogP contribution in [-0.4, -0.2) is 32.9 Å². The molecule has 0 aromatic heterocycles. The van der Waals surface area contributed by atoms with Crippen molar-refractivity contribution >= 4 is 23.3 Å². The molecule has 0 heterocycles. The van der Waals surface area contributed by atoms with Crippen LogP contribution in [0.2, 0.25) is 0 Å². The summed E-state index contributed by atoms with van der Waals surface area (Å²) in [4.78, 5) is 45.5. The SMILES string of the molecule is O=C(NC(C(=O)O)C12CC3CC(CC(C3)C1)C2)c1ccc([N+](=O)[O-])cc1[N+](=O)[O-]. The maximum absolute atomic E-state index is 12.8. The second kappa shape index (κ2) is 6.78. The third kappa shape index (κ3) is 3.32. The molecule has 0 saturated heterocycles. The standard InChI is InChI=1S/C19H21N3O7/c23-17(14-2-1-13(21(26)27)6-15(14)22(28)29)20-16(18(24)25)19-7-10-3-11(8-19)5-12(4-10)9-19/h1-2,6,10-12,16H,3-5,7-9H2,(H,20,23)(H,24,25). The average Bonchev–Trinajstić information content (AvgIpc) is 2.63. The van der Waals surface area contributed by atoms with Crippen LogP contribution in [0.5, 0.6) is 0 Å². The fourth-order valence-electron chi connectivity index (χ4n) is 6.19. The first-order valence-electron chi connectivity index (χ1n) is 9.65. The summed E-state index contributed by atoms with van der Waals surface area (Å²) >= 11 is 0. The van der Waals surface area contributed by atoms with E-state index in [0.717, 1.165) is 56.7 Å². The fourth-order valence-corrected chi connectivity index (χ4v) is 6.19. The second-order valence-electron chi connectivity index (χ2n) is 8.74. The van der Waals surface area contributed by atoms with Crippen molar-refractivity contribution in [2.75, 3.05) is 0 Å². The Hall–Kier alpha value is -3.04. The number of nitrogens with zero attached hydrogens (tertiary/aromatic N) is 2. The van der Waals surface area contributed by atoms with E-state index in [-0.39, 0.29) is 5.56 Å². The largest absolute Gasteiger partial charge is 0.480 e. The van der Waals surface area contributed by atoms with E-state index >= 15 is 0 Å². The van der Waals surface area contributed by atoms with Crippen molar-refractivity contribution < 1.29 is 24.5 Å². The molecule has 4 bridgehead atoms. The molecular formula is C19H21N3O7. The molecule has 1 aromatic rings. The van der Waals surface area contributed by atoms with Crippen molar-refractivity contribution in [1.29, 1.82) is 0 Å². The Bertz CT molecular complexity index is 878. The molecule has 154 valence electrons. The number of hydrogen-bond donors (Lipinski definition) is 2. The molecule has 2 N–H and O–H groups in total. The lowest BCUT2D eigenvalue weighted by atomic mass is 9.47. The van der Waals surface area contributed by atoms with Gasteiger partial charge >= 0.3 is 5.97 Å². The molecule has 5 rings (SSSR count). The Morgan fingerprint density at radius 3 is 2.03 bits per heavy atom. The van der Waals surface area contributed by atoms with Crippen LogP contribution in [0, 0.1) is 43.4 Å². The topological polar surface area (TPSA) is 153 Å². The zero-order valence-corrected chi connectivity index (χ0v) is 15.6. The van der Waals surface area contributed by atoms with Gasteiger partial charge in [0.15, 0.2) is 0 Å². The number of non-ortho nitro benzene ring substituents is 1. The summed E-state index contributed by atoms with van der Waals surface area (Å²) in [7, 11) is 0. The van der Waals surface area contributed by atoms with E-state index < -0.39 is 44.6 Å². The minimum absolute atomic E-state index is 0.378. The highest BCUT2D eigenvalue weighted by Gasteiger charge is 2.56. The van der Waals surface area contributed by atoms with Gasteiger partial charge in [0, 0.05) is 11.5 Å². The van der Waals surface area contributed by atoms with Gasteiger partial charge in [0.05, 0.1) is 15.9 Å². The molecule has 1 aromatic carbocycles. The number of carbonyl (C=O) groups is 2. The predicted octanol–water partition coefficient (Wildman–Crippen LogP) is 2.90. The fraction of sp³-hybridized carbons (Fsp3) is 0.579. The molecule has 10 nitrogen and oxygen atoms in total. The van der Waals surface area contributed by atoms with Crippen LogP contribution < -0.4 is 5.32 Å². The number of carbonyl (C=O) groups excluding carboxylic acids is 1. The first kappa shape index (κ1) is 19.3. The summed E-state index contributed by atoms with van der Waals surface area (Å²) in [5, 5.41) is 34.6. The first-order valence-corrected chi connectivity index (χ1v) is 9.65. The molecule has 4 saturated carbocycles. The number of benzene rings is 1. The molecule has 1 amide bonds. The van der Waals surface area contributed by atoms with Crippen LogP contribution in [-0.2, 0) is 4.79 Å². The average molecular weight is 403 g/mol. The maximum atomic E-state index is 12.8. The van der Waals surface area contributed by atoms with Gasteiger partial charge in [-0.15, -0.1) is 0 Å². The van der Waals surface area contributed by atoms with E-state index in [1.807, 2.05) is 0 Å². The van der Waals surface area contributed by atoms with Crippen molar-refractivity contribution in [2.24, 2.45) is 23.2 Å². The van der Waals surface area contributed by atoms with Gasteiger partial charge in [-0.3, -0.25) is 25.0 Å². The third-order valence-electron chi connectivity index (χ3n) is 6.85. The summed E-state index contributed by atoms with van der Waals surface area (Å²) in [5.74, 6) is -0.643. The molecule has 4 fully saturated rings. The molecule has 4 aliphatic rings. The van der Waals surface area contributed by atoms with Crippen LogP contribution in [0.15, 0.2) is 18.2 Å². The Labute approximate surface area is 165 Å². The number of carboxylic acid groups (broad SMARTS) is 1. The molecule has 1 atom stereocenters. The molecule has 1 unspecified atom stereocenters. The van der Waals surface area contributed by atoms with Crippen molar-refractivity contribution in [1.82, 2.24) is 5.32 Å². The van der Waals surface area contributed by atoms with Gasteiger partial charge in [0.25, 0.3) is 17.3 Å². The van der Waals surface area contributed by atoms with Crippen LogP contribution in [0.25, 0.3) is 0 Å². The summed E-state index contributed by atoms with van der Waals surface area (Å²) < 4.78 is 0. The summed E-state index contributed by atoms with van der Waals surface area (Å²) in [6, 6.07) is 1.58. The minimum atomic E-state index is -1.15. The van der Waals surface area contributed by atoms with Gasteiger partial charge in [0.1, 0.15) is 11.6 Å². The number of hydrogen-bond acceptors (Lipinski definition) is 6. The highest BCUT2D eigenvalue weighted by molar-refractivity contribution is 6.00. The van der Waals surface area contributed by atoms with E-state index in [4.69, 9.17) is 0 Å². The Balaban J connectivity index is 1.63. The molecule has 29 heavy (non-hydrogen) atoms. The monoisotopic (exact) mass is 403 g/mol. The first-order chi connectivity index (χ1) is 13.7. The van der Waals surface area contributed by atoms with Gasteiger partial charge in [-0.2, -0.15) is 0 Å². The normalized spacial score (nSPS) is 30.6. The van der Waals surface area contributed by atoms with Crippen LogP contribution in [0.3, 0.4) is 0 Å². The van der Waals surface area contributed by atoms with Crippen LogP contribution in [0.4, 0.5) is 11.4 Å². The van der Waals surface area contributed by atoms with Crippen molar-refractivity contribution in [2.45, 2.75) is 44.6 Å².